The average molecular weight is 273 g/mol. The minimum atomic E-state index is 1.11. The van der Waals surface area contributed by atoms with Crippen molar-refractivity contribution in [3.05, 3.63) is 33.6 Å². The Bertz CT molecular complexity index is 420. The maximum absolute atomic E-state index is 3.48. The van der Waals surface area contributed by atoms with Gasteiger partial charge in [-0.15, -0.1) is 11.3 Å². The molecular weight excluding hydrogens is 264 g/mol. The van der Waals surface area contributed by atoms with Gasteiger partial charge in [-0.2, -0.15) is 11.8 Å². The van der Waals surface area contributed by atoms with Crippen molar-refractivity contribution in [1.82, 2.24) is 0 Å². The summed E-state index contributed by atoms with van der Waals surface area (Å²) in [5.74, 6) is 1.11. The van der Waals surface area contributed by atoms with Crippen LogP contribution < -0.4 is 0 Å². The summed E-state index contributed by atoms with van der Waals surface area (Å²) >= 11 is 7.18. The zero-order valence-corrected chi connectivity index (χ0v) is 10.4. The predicted molar refractivity (Wildman–Crippen MR) is 66.7 cm³/mol. The summed E-state index contributed by atoms with van der Waals surface area (Å²) < 4.78 is 2.54. The third-order valence-electron chi connectivity index (χ3n) is 1.92. The van der Waals surface area contributed by atoms with Gasteiger partial charge in [0, 0.05) is 14.9 Å². The molecule has 1 aromatic carbocycles. The Kier molecular flexibility index (Phi) is 2.96. The summed E-state index contributed by atoms with van der Waals surface area (Å²) in [6, 6.07) is 6.49. The van der Waals surface area contributed by atoms with Crippen LogP contribution >= 0.6 is 39.0 Å². The molecule has 0 aliphatic carbocycles. The van der Waals surface area contributed by atoms with Gasteiger partial charge in [0.15, 0.2) is 0 Å². The number of thioether (sulfide) groups is 1. The lowest BCUT2D eigenvalue weighted by molar-refractivity contribution is 1.52. The first kappa shape index (κ1) is 9.56. The van der Waals surface area contributed by atoms with Crippen LogP contribution in [-0.4, -0.2) is 6.26 Å². The molecule has 0 radical (unpaired) electrons. The number of hydrogen-bond donors (Lipinski definition) is 0. The molecule has 2 rings (SSSR count). The summed E-state index contributed by atoms with van der Waals surface area (Å²) in [5, 5.41) is 3.66. The van der Waals surface area contributed by atoms with E-state index in [-0.39, 0.29) is 0 Å². The van der Waals surface area contributed by atoms with Gasteiger partial charge < -0.3 is 0 Å². The van der Waals surface area contributed by atoms with E-state index in [0.717, 1.165) is 10.2 Å². The van der Waals surface area contributed by atoms with Gasteiger partial charge in [-0.05, 0) is 34.7 Å². The third-order valence-corrected chi connectivity index (χ3v) is 4.00. The molecule has 1 heterocycles. The van der Waals surface area contributed by atoms with Gasteiger partial charge in [0.05, 0.1) is 0 Å². The molecule has 0 amide bonds. The summed E-state index contributed by atoms with van der Waals surface area (Å²) in [5.41, 5.74) is 1.46. The van der Waals surface area contributed by atoms with Gasteiger partial charge in [0.1, 0.15) is 0 Å². The smallest absolute Gasteiger partial charge is 0.0357 e. The van der Waals surface area contributed by atoms with Crippen molar-refractivity contribution >= 4 is 49.1 Å². The highest BCUT2D eigenvalue weighted by Crippen LogP contribution is 2.30. The molecule has 0 aliphatic rings. The lowest BCUT2D eigenvalue weighted by atomic mass is 10.2. The summed E-state index contributed by atoms with van der Waals surface area (Å²) in [6.45, 7) is 0. The van der Waals surface area contributed by atoms with Crippen LogP contribution in [0.2, 0.25) is 0 Å². The van der Waals surface area contributed by atoms with Crippen LogP contribution in [0.25, 0.3) is 10.1 Å². The van der Waals surface area contributed by atoms with Crippen molar-refractivity contribution in [3.63, 3.8) is 0 Å². The SMILES string of the molecule is CSCc1csc2cc(Br)ccc12. The first-order valence-electron chi connectivity index (χ1n) is 3.96. The fourth-order valence-electron chi connectivity index (χ4n) is 1.32. The Morgan fingerprint density at radius 2 is 2.31 bits per heavy atom. The predicted octanol–water partition coefficient (Wildman–Crippen LogP) is 4.53. The maximum Gasteiger partial charge on any atom is 0.0357 e. The highest BCUT2D eigenvalue weighted by atomic mass is 79.9. The van der Waals surface area contributed by atoms with Crippen LogP contribution in [0.5, 0.6) is 0 Å². The topological polar surface area (TPSA) is 0 Å². The molecule has 0 saturated heterocycles. The largest absolute Gasteiger partial charge is 0.161 e. The van der Waals surface area contributed by atoms with E-state index in [4.69, 9.17) is 0 Å². The van der Waals surface area contributed by atoms with Gasteiger partial charge in [0.25, 0.3) is 0 Å². The molecule has 0 atom stereocenters. The Hall–Kier alpha value is 0.01000. The number of fused-ring (bicyclic) bond motifs is 1. The van der Waals surface area contributed by atoms with Gasteiger partial charge in [-0.1, -0.05) is 22.0 Å². The number of benzene rings is 1. The third kappa shape index (κ3) is 1.92. The molecule has 13 heavy (non-hydrogen) atoms. The standard InChI is InChI=1S/C10H9BrS2/c1-12-5-7-6-13-10-4-8(11)2-3-9(7)10/h2-4,6H,5H2,1H3. The first-order chi connectivity index (χ1) is 6.31. The zero-order valence-electron chi connectivity index (χ0n) is 7.21. The lowest BCUT2D eigenvalue weighted by Gasteiger charge is -1.95. The second-order valence-electron chi connectivity index (χ2n) is 2.83. The summed E-state index contributed by atoms with van der Waals surface area (Å²) in [4.78, 5) is 0. The monoisotopic (exact) mass is 272 g/mol. The molecule has 0 spiro atoms. The zero-order chi connectivity index (χ0) is 9.26. The molecule has 0 bridgehead atoms. The molecule has 3 heteroatoms. The van der Waals surface area contributed by atoms with Crippen molar-refractivity contribution in [3.8, 4) is 0 Å². The van der Waals surface area contributed by atoms with Crippen molar-refractivity contribution in [2.45, 2.75) is 5.75 Å². The van der Waals surface area contributed by atoms with Crippen LogP contribution in [0, 0.1) is 0 Å². The molecule has 0 aliphatic heterocycles. The molecule has 0 N–H and O–H groups in total. The van der Waals surface area contributed by atoms with Crippen LogP contribution in [0.1, 0.15) is 5.56 Å². The van der Waals surface area contributed by atoms with Crippen molar-refractivity contribution in [2.24, 2.45) is 0 Å². The van der Waals surface area contributed by atoms with Crippen LogP contribution in [0.15, 0.2) is 28.1 Å². The Balaban J connectivity index is 2.55. The van der Waals surface area contributed by atoms with E-state index in [9.17, 15) is 0 Å². The van der Waals surface area contributed by atoms with E-state index in [1.165, 1.54) is 15.6 Å². The van der Waals surface area contributed by atoms with Gasteiger partial charge in [-0.3, -0.25) is 0 Å². The highest BCUT2D eigenvalue weighted by Gasteiger charge is 2.02. The van der Waals surface area contributed by atoms with E-state index in [1.807, 2.05) is 23.1 Å². The molecule has 68 valence electrons. The molecule has 0 unspecified atom stereocenters. The van der Waals surface area contributed by atoms with Crippen molar-refractivity contribution < 1.29 is 0 Å². The Morgan fingerprint density at radius 1 is 1.46 bits per heavy atom. The van der Waals surface area contributed by atoms with Gasteiger partial charge >= 0.3 is 0 Å². The molecule has 1 aromatic heterocycles. The van der Waals surface area contributed by atoms with Crippen molar-refractivity contribution in [1.29, 1.82) is 0 Å². The van der Waals surface area contributed by atoms with Crippen LogP contribution in [0.4, 0.5) is 0 Å². The minimum Gasteiger partial charge on any atom is -0.161 e. The second kappa shape index (κ2) is 4.03. The fraction of sp³-hybridized carbons (Fsp3) is 0.200. The van der Waals surface area contributed by atoms with Gasteiger partial charge in [0.2, 0.25) is 0 Å². The molecular formula is C10H9BrS2. The van der Waals surface area contributed by atoms with Gasteiger partial charge in [-0.25, -0.2) is 0 Å². The lowest BCUT2D eigenvalue weighted by Crippen LogP contribution is -1.74. The number of thiophene rings is 1. The maximum atomic E-state index is 3.48. The first-order valence-corrected chi connectivity index (χ1v) is 7.02. The van der Waals surface area contributed by atoms with E-state index in [2.05, 4.69) is 45.8 Å². The van der Waals surface area contributed by atoms with E-state index in [1.54, 1.807) is 0 Å². The normalized spacial score (nSPS) is 10.9. The van der Waals surface area contributed by atoms with E-state index in [0.29, 0.717) is 0 Å². The Morgan fingerprint density at radius 3 is 3.08 bits per heavy atom. The average Bonchev–Trinajstić information content (AvgIpc) is 2.49. The quantitative estimate of drug-likeness (QED) is 0.774. The summed E-state index contributed by atoms with van der Waals surface area (Å²) in [6.07, 6.45) is 2.14. The molecule has 2 aromatic rings. The van der Waals surface area contributed by atoms with Crippen LogP contribution in [-0.2, 0) is 5.75 Å². The van der Waals surface area contributed by atoms with Crippen LogP contribution in [0.3, 0.4) is 0 Å². The molecule has 0 nitrogen and oxygen atoms in total. The highest BCUT2D eigenvalue weighted by molar-refractivity contribution is 9.10. The van der Waals surface area contributed by atoms with E-state index < -0.39 is 0 Å². The second-order valence-corrected chi connectivity index (χ2v) is 5.53. The Labute approximate surface area is 94.5 Å². The fourth-order valence-corrected chi connectivity index (χ4v) is 3.49. The molecule has 0 fully saturated rings. The number of halogens is 1. The number of hydrogen-bond acceptors (Lipinski definition) is 2. The van der Waals surface area contributed by atoms with Crippen molar-refractivity contribution in [2.75, 3.05) is 6.26 Å². The number of rotatable bonds is 2. The summed E-state index contributed by atoms with van der Waals surface area (Å²) in [7, 11) is 0. The minimum absolute atomic E-state index is 1.11. The molecule has 0 saturated carbocycles. The van der Waals surface area contributed by atoms with E-state index >= 15 is 0 Å².